The van der Waals surface area contributed by atoms with E-state index >= 15 is 0 Å². The molecule has 2 aromatic rings. The number of hydrogen-bond acceptors (Lipinski definition) is 8. The molecule has 1 saturated heterocycles. The molecule has 0 aliphatic carbocycles. The zero-order valence-electron chi connectivity index (χ0n) is 11.8. The van der Waals surface area contributed by atoms with Crippen LogP contribution in [0.2, 0.25) is 0 Å². The van der Waals surface area contributed by atoms with E-state index in [2.05, 4.69) is 20.9 Å². The number of aromatic nitrogens is 4. The Morgan fingerprint density at radius 2 is 2.27 bits per heavy atom. The quantitative estimate of drug-likeness (QED) is 0.484. The van der Waals surface area contributed by atoms with Crippen LogP contribution < -0.4 is 11.5 Å². The summed E-state index contributed by atoms with van der Waals surface area (Å²) in [7, 11) is 0. The van der Waals surface area contributed by atoms with Gasteiger partial charge in [-0.1, -0.05) is 5.92 Å². The standard InChI is InChI=1S/C13H16N6O3/c1-3-13(15)9(21)8(6(2)20)22-11(13)19-5-17-7-4-16-12(14)18-10(7)19/h1,4-6,8-9,11,20-21H,15H2,2H3,(H2,14,16,18)/t6-,8+,9-,11+,13?/m0/s1. The molecule has 0 saturated carbocycles. The van der Waals surface area contributed by atoms with Crippen LogP contribution in [0.25, 0.3) is 11.2 Å². The predicted molar refractivity (Wildman–Crippen MR) is 77.1 cm³/mol. The average molecular weight is 304 g/mol. The first kappa shape index (κ1) is 14.7. The number of imidazole rings is 1. The number of nitrogens with zero attached hydrogens (tertiary/aromatic N) is 4. The fraction of sp³-hybridized carbons (Fsp3) is 0.462. The van der Waals surface area contributed by atoms with Gasteiger partial charge in [0.15, 0.2) is 17.4 Å². The molecule has 1 aliphatic heterocycles. The smallest absolute Gasteiger partial charge is 0.222 e. The van der Waals surface area contributed by atoms with Crippen LogP contribution >= 0.6 is 0 Å². The number of ether oxygens (including phenoxy) is 1. The molecule has 3 heterocycles. The van der Waals surface area contributed by atoms with Crippen molar-refractivity contribution in [2.45, 2.75) is 37.0 Å². The van der Waals surface area contributed by atoms with Gasteiger partial charge in [-0.3, -0.25) is 4.57 Å². The third-order valence-electron chi connectivity index (χ3n) is 3.81. The molecule has 9 nitrogen and oxygen atoms in total. The fourth-order valence-electron chi connectivity index (χ4n) is 2.60. The summed E-state index contributed by atoms with van der Waals surface area (Å²) in [5.74, 6) is 2.42. The van der Waals surface area contributed by atoms with Crippen molar-refractivity contribution in [3.63, 3.8) is 0 Å². The lowest BCUT2D eigenvalue weighted by atomic mass is 9.90. The highest BCUT2D eigenvalue weighted by Gasteiger charge is 2.55. The second kappa shape index (κ2) is 4.89. The van der Waals surface area contributed by atoms with Gasteiger partial charge in [-0.2, -0.15) is 4.98 Å². The summed E-state index contributed by atoms with van der Waals surface area (Å²) < 4.78 is 7.17. The maximum Gasteiger partial charge on any atom is 0.222 e. The van der Waals surface area contributed by atoms with E-state index in [1.807, 2.05) is 0 Å². The van der Waals surface area contributed by atoms with Gasteiger partial charge in [0.2, 0.25) is 5.95 Å². The number of hydrogen-bond donors (Lipinski definition) is 4. The summed E-state index contributed by atoms with van der Waals surface area (Å²) in [5, 5.41) is 20.1. The fourth-order valence-corrected chi connectivity index (χ4v) is 2.60. The molecule has 0 bridgehead atoms. The number of terminal acetylenes is 1. The van der Waals surface area contributed by atoms with E-state index in [9.17, 15) is 10.2 Å². The molecule has 5 atom stereocenters. The third-order valence-corrected chi connectivity index (χ3v) is 3.81. The van der Waals surface area contributed by atoms with E-state index in [0.717, 1.165) is 0 Å². The highest BCUT2D eigenvalue weighted by molar-refractivity contribution is 5.70. The van der Waals surface area contributed by atoms with Crippen molar-refractivity contribution in [2.75, 3.05) is 5.73 Å². The molecular formula is C13H16N6O3. The van der Waals surface area contributed by atoms with Gasteiger partial charge in [0, 0.05) is 0 Å². The van der Waals surface area contributed by atoms with Gasteiger partial charge in [0.05, 0.1) is 18.6 Å². The Morgan fingerprint density at radius 3 is 2.91 bits per heavy atom. The van der Waals surface area contributed by atoms with Crippen LogP contribution in [-0.2, 0) is 4.74 Å². The third kappa shape index (κ3) is 1.93. The molecule has 22 heavy (non-hydrogen) atoms. The minimum absolute atomic E-state index is 0.0585. The Hall–Kier alpha value is -2.25. The Morgan fingerprint density at radius 1 is 1.55 bits per heavy atom. The lowest BCUT2D eigenvalue weighted by Gasteiger charge is -2.27. The minimum atomic E-state index is -1.55. The van der Waals surface area contributed by atoms with Crippen LogP contribution in [0, 0.1) is 12.3 Å². The lowest BCUT2D eigenvalue weighted by Crippen LogP contribution is -2.54. The number of nitrogen functional groups attached to an aromatic ring is 1. The van der Waals surface area contributed by atoms with Crippen LogP contribution in [0.1, 0.15) is 13.2 Å². The second-order valence-corrected chi connectivity index (χ2v) is 5.30. The van der Waals surface area contributed by atoms with Crippen molar-refractivity contribution in [1.29, 1.82) is 0 Å². The van der Waals surface area contributed by atoms with Gasteiger partial charge < -0.3 is 26.4 Å². The Kier molecular flexibility index (Phi) is 3.26. The van der Waals surface area contributed by atoms with Crippen molar-refractivity contribution in [3.8, 4) is 12.3 Å². The molecule has 0 radical (unpaired) electrons. The molecule has 2 aromatic heterocycles. The van der Waals surface area contributed by atoms with Crippen molar-refractivity contribution in [2.24, 2.45) is 5.73 Å². The topological polar surface area (TPSA) is 145 Å². The minimum Gasteiger partial charge on any atom is -0.391 e. The van der Waals surface area contributed by atoms with Gasteiger partial charge in [0.1, 0.15) is 17.7 Å². The van der Waals surface area contributed by atoms with E-state index in [0.29, 0.717) is 11.2 Å². The molecule has 3 rings (SSSR count). The number of nitrogens with two attached hydrogens (primary N) is 2. The number of fused-ring (bicyclic) bond motifs is 1. The predicted octanol–water partition coefficient (Wildman–Crippen LogP) is -1.62. The summed E-state index contributed by atoms with van der Waals surface area (Å²) in [6, 6.07) is 0. The van der Waals surface area contributed by atoms with E-state index in [1.54, 1.807) is 0 Å². The molecule has 6 N–H and O–H groups in total. The van der Waals surface area contributed by atoms with E-state index < -0.39 is 30.1 Å². The second-order valence-electron chi connectivity index (χ2n) is 5.30. The SMILES string of the molecule is C#CC1(N)[C@@H](O)[C@@H]([C@H](C)O)O[C@H]1n1cnc2cnc(N)nc21. The monoisotopic (exact) mass is 304 g/mol. The molecule has 1 aliphatic rings. The van der Waals surface area contributed by atoms with Crippen molar-refractivity contribution in [3.05, 3.63) is 12.5 Å². The molecule has 0 amide bonds. The molecule has 1 fully saturated rings. The first-order chi connectivity index (χ1) is 10.4. The summed E-state index contributed by atoms with van der Waals surface area (Å²) >= 11 is 0. The zero-order valence-corrected chi connectivity index (χ0v) is 11.8. The Balaban J connectivity index is 2.13. The number of aliphatic hydroxyl groups is 2. The molecule has 1 unspecified atom stereocenters. The maximum absolute atomic E-state index is 10.3. The molecular weight excluding hydrogens is 288 g/mol. The first-order valence-electron chi connectivity index (χ1n) is 6.61. The van der Waals surface area contributed by atoms with Gasteiger partial charge in [-0.25, -0.2) is 9.97 Å². The van der Waals surface area contributed by atoms with Crippen LogP contribution in [0.5, 0.6) is 0 Å². The number of anilines is 1. The van der Waals surface area contributed by atoms with Gasteiger partial charge >= 0.3 is 0 Å². The summed E-state index contributed by atoms with van der Waals surface area (Å²) in [6.45, 7) is 1.49. The van der Waals surface area contributed by atoms with Crippen LogP contribution in [0.4, 0.5) is 5.95 Å². The first-order valence-corrected chi connectivity index (χ1v) is 6.61. The molecule has 116 valence electrons. The summed E-state index contributed by atoms with van der Waals surface area (Å²) in [4.78, 5) is 12.1. The molecule has 0 spiro atoms. The van der Waals surface area contributed by atoms with Crippen LogP contribution in [-0.4, -0.2) is 53.6 Å². The van der Waals surface area contributed by atoms with E-state index in [4.69, 9.17) is 22.6 Å². The normalized spacial score (nSPS) is 33.0. The van der Waals surface area contributed by atoms with Crippen LogP contribution in [0.3, 0.4) is 0 Å². The van der Waals surface area contributed by atoms with Crippen molar-refractivity contribution in [1.82, 2.24) is 19.5 Å². The Bertz CT molecular complexity index is 754. The number of aliphatic hydroxyl groups excluding tert-OH is 2. The van der Waals surface area contributed by atoms with Crippen molar-refractivity contribution >= 4 is 17.1 Å². The Labute approximate surface area is 125 Å². The highest BCUT2D eigenvalue weighted by Crippen LogP contribution is 2.38. The van der Waals surface area contributed by atoms with Crippen LogP contribution in [0.15, 0.2) is 12.5 Å². The average Bonchev–Trinajstić information content (AvgIpc) is 2.99. The zero-order chi connectivity index (χ0) is 16.1. The van der Waals surface area contributed by atoms with E-state index in [-0.39, 0.29) is 5.95 Å². The van der Waals surface area contributed by atoms with E-state index in [1.165, 1.54) is 24.0 Å². The lowest BCUT2D eigenvalue weighted by molar-refractivity contribution is -0.0756. The summed E-state index contributed by atoms with van der Waals surface area (Å²) in [6.07, 6.45) is 4.31. The van der Waals surface area contributed by atoms with Crippen molar-refractivity contribution < 1.29 is 14.9 Å². The summed E-state index contributed by atoms with van der Waals surface area (Å²) in [5.41, 5.74) is 11.0. The molecule has 0 aromatic carbocycles. The highest BCUT2D eigenvalue weighted by atomic mass is 16.5. The van der Waals surface area contributed by atoms with Gasteiger partial charge in [0.25, 0.3) is 0 Å². The van der Waals surface area contributed by atoms with Gasteiger partial charge in [-0.15, -0.1) is 6.42 Å². The van der Waals surface area contributed by atoms with Gasteiger partial charge in [-0.05, 0) is 6.92 Å². The number of rotatable bonds is 2. The maximum atomic E-state index is 10.3. The largest absolute Gasteiger partial charge is 0.391 e. The molecule has 9 heteroatoms.